The van der Waals surface area contributed by atoms with E-state index in [2.05, 4.69) is 28.7 Å². The lowest BCUT2D eigenvalue weighted by Gasteiger charge is -2.31. The number of unbranched alkanes of at least 4 members (excludes halogenated alkanes) is 2. The number of Topliss-reactive ketones (excluding diaryl/α,β-unsaturated/α-hetero) is 1. The number of ketones is 1. The fourth-order valence-corrected chi connectivity index (χ4v) is 3.95. The quantitative estimate of drug-likeness (QED) is 0.420. The lowest BCUT2D eigenvalue weighted by atomic mass is 9.87. The summed E-state index contributed by atoms with van der Waals surface area (Å²) in [7, 11) is 0. The van der Waals surface area contributed by atoms with Crippen molar-refractivity contribution in [2.45, 2.75) is 38.5 Å². The number of carbonyl (C=O) groups excluding carboxylic acids is 2. The summed E-state index contributed by atoms with van der Waals surface area (Å²) in [5.41, 5.74) is 3.40. The van der Waals surface area contributed by atoms with Crippen molar-refractivity contribution in [3.05, 3.63) is 29.3 Å². The topological polar surface area (TPSA) is 37.4 Å². The Kier molecular flexibility index (Phi) is 4.62. The lowest BCUT2D eigenvalue weighted by Crippen LogP contribution is -2.40. The summed E-state index contributed by atoms with van der Waals surface area (Å²) in [6.45, 7) is 0.591. The molecule has 1 aromatic carbocycles. The molecule has 0 aromatic heterocycles. The molecule has 0 bridgehead atoms. The third-order valence-electron chi connectivity index (χ3n) is 4.50. The molecule has 1 atom stereocenters. The van der Waals surface area contributed by atoms with Crippen molar-refractivity contribution < 1.29 is 9.59 Å². The summed E-state index contributed by atoms with van der Waals surface area (Å²) in [4.78, 5) is 26.4. The van der Waals surface area contributed by atoms with Gasteiger partial charge in [0.25, 0.3) is 0 Å². The van der Waals surface area contributed by atoms with Crippen LogP contribution in [0.25, 0.3) is 0 Å². The molecule has 0 spiro atoms. The number of nitrogens with zero attached hydrogens (tertiary/aromatic N) is 1. The highest BCUT2D eigenvalue weighted by molar-refractivity contribution is 14.1. The average molecular weight is 397 g/mol. The van der Waals surface area contributed by atoms with E-state index in [4.69, 9.17) is 0 Å². The number of rotatable bonds is 6. The number of amides is 1. The smallest absolute Gasteiger partial charge is 0.231 e. The van der Waals surface area contributed by atoms with E-state index >= 15 is 0 Å². The molecule has 1 amide bonds. The van der Waals surface area contributed by atoms with Crippen LogP contribution in [-0.4, -0.2) is 22.7 Å². The molecular weight excluding hydrogens is 377 g/mol. The van der Waals surface area contributed by atoms with Gasteiger partial charge in [-0.3, -0.25) is 9.59 Å². The molecular formula is C17H20INO2. The van der Waals surface area contributed by atoms with Gasteiger partial charge in [-0.1, -0.05) is 47.2 Å². The molecule has 2 aliphatic rings. The van der Waals surface area contributed by atoms with Crippen LogP contribution in [0.2, 0.25) is 0 Å². The molecule has 3 nitrogen and oxygen atoms in total. The van der Waals surface area contributed by atoms with Crippen LogP contribution in [0.1, 0.15) is 36.8 Å². The molecule has 0 saturated carbocycles. The zero-order valence-corrected chi connectivity index (χ0v) is 14.3. The van der Waals surface area contributed by atoms with Crippen molar-refractivity contribution in [2.24, 2.45) is 5.92 Å². The van der Waals surface area contributed by atoms with Crippen LogP contribution >= 0.6 is 22.6 Å². The monoisotopic (exact) mass is 397 g/mol. The summed E-state index contributed by atoms with van der Waals surface area (Å²) in [5, 5.41) is 0. The zero-order chi connectivity index (χ0) is 14.8. The number of halogens is 1. The maximum absolute atomic E-state index is 12.4. The highest BCUT2D eigenvalue weighted by Gasteiger charge is 2.37. The molecule has 2 heterocycles. The van der Waals surface area contributed by atoms with Gasteiger partial charge in [0.2, 0.25) is 5.91 Å². The first-order valence-corrected chi connectivity index (χ1v) is 9.23. The molecule has 0 saturated heterocycles. The Morgan fingerprint density at radius 2 is 2.05 bits per heavy atom. The molecule has 112 valence electrons. The van der Waals surface area contributed by atoms with Crippen LogP contribution in [0.4, 0.5) is 5.69 Å². The molecule has 1 unspecified atom stereocenters. The number of benzene rings is 1. The van der Waals surface area contributed by atoms with Gasteiger partial charge in [0.05, 0.1) is 12.1 Å². The van der Waals surface area contributed by atoms with E-state index < -0.39 is 0 Å². The van der Waals surface area contributed by atoms with Gasteiger partial charge >= 0.3 is 0 Å². The van der Waals surface area contributed by atoms with Crippen molar-refractivity contribution in [2.75, 3.05) is 15.9 Å². The van der Waals surface area contributed by atoms with Crippen LogP contribution < -0.4 is 4.90 Å². The average Bonchev–Trinajstić information content (AvgIpc) is 2.81. The minimum atomic E-state index is -0.00518. The Morgan fingerprint density at radius 3 is 2.86 bits per heavy atom. The molecule has 1 aromatic rings. The first-order valence-electron chi connectivity index (χ1n) is 7.70. The second kappa shape index (κ2) is 6.46. The highest BCUT2D eigenvalue weighted by atomic mass is 127. The molecule has 0 radical (unpaired) electrons. The predicted octanol–water partition coefficient (Wildman–Crippen LogP) is 3.31. The van der Waals surface area contributed by atoms with Crippen molar-refractivity contribution in [1.29, 1.82) is 0 Å². The van der Waals surface area contributed by atoms with Crippen LogP contribution in [0, 0.1) is 5.92 Å². The Labute approximate surface area is 139 Å². The Hall–Kier alpha value is -0.910. The summed E-state index contributed by atoms with van der Waals surface area (Å²) in [6.07, 6.45) is 5.27. The van der Waals surface area contributed by atoms with Gasteiger partial charge < -0.3 is 4.90 Å². The van der Waals surface area contributed by atoms with E-state index in [9.17, 15) is 9.59 Å². The molecule has 0 aliphatic carbocycles. The Bertz CT molecular complexity index is 570. The molecule has 0 fully saturated rings. The molecule has 0 N–H and O–H groups in total. The Balaban J connectivity index is 1.69. The van der Waals surface area contributed by atoms with E-state index in [0.29, 0.717) is 25.2 Å². The molecule has 2 aliphatic heterocycles. The number of carbonyl (C=O) groups is 2. The number of anilines is 1. The largest absolute Gasteiger partial charge is 0.311 e. The van der Waals surface area contributed by atoms with E-state index in [1.54, 1.807) is 0 Å². The van der Waals surface area contributed by atoms with Gasteiger partial charge in [0.15, 0.2) is 0 Å². The van der Waals surface area contributed by atoms with E-state index in [1.807, 2.05) is 17.0 Å². The summed E-state index contributed by atoms with van der Waals surface area (Å²) >= 11 is 2.37. The van der Waals surface area contributed by atoms with E-state index in [1.165, 1.54) is 12.0 Å². The zero-order valence-electron chi connectivity index (χ0n) is 12.1. The molecule has 4 heteroatoms. The van der Waals surface area contributed by atoms with Gasteiger partial charge in [0.1, 0.15) is 5.78 Å². The van der Waals surface area contributed by atoms with Gasteiger partial charge in [0, 0.05) is 18.9 Å². The first kappa shape index (κ1) is 15.0. The van der Waals surface area contributed by atoms with Crippen molar-refractivity contribution >= 4 is 40.0 Å². The summed E-state index contributed by atoms with van der Waals surface area (Å²) < 4.78 is 1.16. The van der Waals surface area contributed by atoms with Gasteiger partial charge in [-0.15, -0.1) is 0 Å². The van der Waals surface area contributed by atoms with Crippen molar-refractivity contribution in [3.63, 3.8) is 0 Å². The third-order valence-corrected chi connectivity index (χ3v) is 5.26. The van der Waals surface area contributed by atoms with Crippen molar-refractivity contribution in [3.8, 4) is 0 Å². The normalized spacial score (nSPS) is 19.8. The minimum absolute atomic E-state index is 0.00518. The van der Waals surface area contributed by atoms with Gasteiger partial charge in [-0.05, 0) is 34.8 Å². The van der Waals surface area contributed by atoms with Gasteiger partial charge in [-0.2, -0.15) is 0 Å². The second-order valence-electron chi connectivity index (χ2n) is 5.97. The van der Waals surface area contributed by atoms with Crippen molar-refractivity contribution in [1.82, 2.24) is 0 Å². The fourth-order valence-electron chi connectivity index (χ4n) is 3.42. The molecule has 21 heavy (non-hydrogen) atoms. The fraction of sp³-hybridized carbons (Fsp3) is 0.529. The number of hydrogen-bond acceptors (Lipinski definition) is 2. The third kappa shape index (κ3) is 3.00. The first-order chi connectivity index (χ1) is 10.2. The maximum Gasteiger partial charge on any atom is 0.231 e. The van der Waals surface area contributed by atoms with E-state index in [-0.39, 0.29) is 11.8 Å². The van der Waals surface area contributed by atoms with E-state index in [0.717, 1.165) is 34.9 Å². The van der Waals surface area contributed by atoms with Gasteiger partial charge in [-0.25, -0.2) is 0 Å². The Morgan fingerprint density at radius 1 is 1.24 bits per heavy atom. The minimum Gasteiger partial charge on any atom is -0.311 e. The number of para-hydroxylation sites is 1. The van der Waals surface area contributed by atoms with Crippen LogP contribution in [0.15, 0.2) is 18.2 Å². The SMILES string of the molecule is O=C(CCCCCI)C1Cc2cccc3c2N(C1)C(=O)C3. The standard InChI is InChI=1S/C17H20INO2/c18-8-3-1-2-7-15(20)14-9-12-5-4-6-13-10-16(21)19(11-14)17(12)13/h4-6,14H,1-3,7-11H2. The summed E-state index contributed by atoms with van der Waals surface area (Å²) in [6, 6.07) is 6.11. The lowest BCUT2D eigenvalue weighted by molar-refractivity contribution is -0.123. The maximum atomic E-state index is 12.4. The molecule has 3 rings (SSSR count). The highest BCUT2D eigenvalue weighted by Crippen LogP contribution is 2.38. The number of hydrogen-bond donors (Lipinski definition) is 0. The second-order valence-corrected chi connectivity index (χ2v) is 7.05. The summed E-state index contributed by atoms with van der Waals surface area (Å²) in [5.74, 6) is 0.480. The van der Waals surface area contributed by atoms with Crippen LogP contribution in [0.5, 0.6) is 0 Å². The number of alkyl halides is 1. The predicted molar refractivity (Wildman–Crippen MR) is 92.1 cm³/mol. The van der Waals surface area contributed by atoms with Crippen LogP contribution in [-0.2, 0) is 22.4 Å². The van der Waals surface area contributed by atoms with Crippen LogP contribution in [0.3, 0.4) is 0 Å².